The molecule has 1 fully saturated rings. The fraction of sp³-hybridized carbons (Fsp3) is 0.478. The molecule has 0 aliphatic carbocycles. The summed E-state index contributed by atoms with van der Waals surface area (Å²) in [5, 5.41) is 4.29. The maximum atomic E-state index is 13.2. The van der Waals surface area contributed by atoms with Crippen molar-refractivity contribution in [3.05, 3.63) is 64.1 Å². The molecule has 1 aliphatic rings. The van der Waals surface area contributed by atoms with Crippen LogP contribution in [0.25, 0.3) is 0 Å². The lowest BCUT2D eigenvalue weighted by Crippen LogP contribution is -2.49. The highest BCUT2D eigenvalue weighted by molar-refractivity contribution is 5.94. The van der Waals surface area contributed by atoms with E-state index in [9.17, 15) is 14.4 Å². The minimum absolute atomic E-state index is 0.0377. The highest BCUT2D eigenvalue weighted by Gasteiger charge is 2.30. The molecule has 0 radical (unpaired) electrons. The summed E-state index contributed by atoms with van der Waals surface area (Å²) in [7, 11) is 0. The van der Waals surface area contributed by atoms with Crippen molar-refractivity contribution in [2.75, 3.05) is 19.6 Å². The van der Waals surface area contributed by atoms with Gasteiger partial charge < -0.3 is 9.80 Å². The minimum atomic E-state index is -0.192. The number of hydrogen-bond donors (Lipinski definition) is 0. The largest absolute Gasteiger partial charge is 0.338 e. The van der Waals surface area contributed by atoms with Crippen molar-refractivity contribution in [3.63, 3.8) is 0 Å². The van der Waals surface area contributed by atoms with Crippen LogP contribution in [0.3, 0.4) is 0 Å². The zero-order chi connectivity index (χ0) is 21.5. The Hall–Kier alpha value is -2.96. The van der Waals surface area contributed by atoms with Gasteiger partial charge >= 0.3 is 0 Å². The van der Waals surface area contributed by atoms with Gasteiger partial charge in [0.1, 0.15) is 5.69 Å². The van der Waals surface area contributed by atoms with E-state index >= 15 is 0 Å². The summed E-state index contributed by atoms with van der Waals surface area (Å²) in [4.78, 5) is 41.6. The zero-order valence-corrected chi connectivity index (χ0v) is 17.8. The maximum Gasteiger partial charge on any atom is 0.274 e. The molecule has 0 saturated carbocycles. The van der Waals surface area contributed by atoms with Crippen molar-refractivity contribution < 1.29 is 9.59 Å². The Labute approximate surface area is 177 Å². The number of aromatic nitrogens is 2. The van der Waals surface area contributed by atoms with Crippen molar-refractivity contribution in [3.8, 4) is 0 Å². The molecule has 0 unspecified atom stereocenters. The number of carbonyl (C=O) groups excluding carboxylic acids is 2. The molecule has 0 bridgehead atoms. The summed E-state index contributed by atoms with van der Waals surface area (Å²) in [6.07, 6.45) is 3.08. The van der Waals surface area contributed by atoms with Gasteiger partial charge in [0, 0.05) is 43.9 Å². The summed E-state index contributed by atoms with van der Waals surface area (Å²) < 4.78 is 1.36. The van der Waals surface area contributed by atoms with Gasteiger partial charge in [0.2, 0.25) is 0 Å². The molecule has 2 aromatic rings. The quantitative estimate of drug-likeness (QED) is 0.703. The number of nitrogens with zero attached hydrogens (tertiary/aromatic N) is 4. The average molecular weight is 411 g/mol. The number of benzene rings is 1. The predicted molar refractivity (Wildman–Crippen MR) is 115 cm³/mol. The van der Waals surface area contributed by atoms with E-state index in [1.807, 2.05) is 54.0 Å². The fourth-order valence-electron chi connectivity index (χ4n) is 3.92. The highest BCUT2D eigenvalue weighted by atomic mass is 16.2. The first-order chi connectivity index (χ1) is 14.5. The Morgan fingerprint density at radius 1 is 1.03 bits per heavy atom. The molecule has 7 heteroatoms. The number of likely N-dealkylation sites (tertiary alicyclic amines) is 1. The third-order valence-electron chi connectivity index (χ3n) is 5.46. The van der Waals surface area contributed by atoms with Gasteiger partial charge in [-0.05, 0) is 43.9 Å². The van der Waals surface area contributed by atoms with Crippen LogP contribution < -0.4 is 5.56 Å². The molecule has 2 heterocycles. The van der Waals surface area contributed by atoms with Crippen LogP contribution in [0.5, 0.6) is 0 Å². The highest BCUT2D eigenvalue weighted by Crippen LogP contribution is 2.20. The van der Waals surface area contributed by atoms with E-state index in [1.54, 1.807) is 0 Å². The normalized spacial score (nSPS) is 14.5. The molecule has 0 atom stereocenters. The first-order valence-corrected chi connectivity index (χ1v) is 10.8. The molecule has 1 aromatic heterocycles. The maximum absolute atomic E-state index is 13.2. The van der Waals surface area contributed by atoms with Crippen LogP contribution in [0.4, 0.5) is 0 Å². The van der Waals surface area contributed by atoms with Crippen molar-refractivity contribution in [1.29, 1.82) is 0 Å². The second kappa shape index (κ2) is 10.2. The first kappa shape index (κ1) is 21.7. The number of hydrogen-bond acceptors (Lipinski definition) is 4. The van der Waals surface area contributed by atoms with E-state index in [0.717, 1.165) is 25.7 Å². The van der Waals surface area contributed by atoms with Crippen LogP contribution in [0.1, 0.15) is 60.4 Å². The number of carbonyl (C=O) groups is 2. The van der Waals surface area contributed by atoms with E-state index in [2.05, 4.69) is 5.10 Å². The van der Waals surface area contributed by atoms with E-state index in [-0.39, 0.29) is 23.4 Å². The Balaban J connectivity index is 1.70. The number of piperidine rings is 1. The second-order valence-corrected chi connectivity index (χ2v) is 7.67. The summed E-state index contributed by atoms with van der Waals surface area (Å²) in [5.41, 5.74) is 0.808. The lowest BCUT2D eigenvalue weighted by molar-refractivity contribution is 0.0513. The zero-order valence-electron chi connectivity index (χ0n) is 17.8. The van der Waals surface area contributed by atoms with Crippen LogP contribution >= 0.6 is 0 Å². The van der Waals surface area contributed by atoms with Gasteiger partial charge in [-0.15, -0.1) is 0 Å². The molecule has 160 valence electrons. The Morgan fingerprint density at radius 3 is 2.37 bits per heavy atom. The van der Waals surface area contributed by atoms with Crippen LogP contribution in [-0.4, -0.2) is 57.1 Å². The molecule has 7 nitrogen and oxygen atoms in total. The molecular weight excluding hydrogens is 380 g/mol. The van der Waals surface area contributed by atoms with Gasteiger partial charge in [-0.25, -0.2) is 4.68 Å². The van der Waals surface area contributed by atoms with Gasteiger partial charge in [-0.1, -0.05) is 32.0 Å². The lowest BCUT2D eigenvalue weighted by Gasteiger charge is -2.38. The van der Waals surface area contributed by atoms with Gasteiger partial charge in [-0.3, -0.25) is 14.4 Å². The second-order valence-electron chi connectivity index (χ2n) is 7.67. The SMILES string of the molecule is CCCN(C(=O)c1ccc(=O)n(CCC)n1)C1CCN(C(=O)c2ccccc2)CC1. The Morgan fingerprint density at radius 2 is 1.73 bits per heavy atom. The van der Waals surface area contributed by atoms with Crippen molar-refractivity contribution in [1.82, 2.24) is 19.6 Å². The topological polar surface area (TPSA) is 75.5 Å². The van der Waals surface area contributed by atoms with E-state index in [0.29, 0.717) is 37.4 Å². The average Bonchev–Trinajstić information content (AvgIpc) is 2.79. The summed E-state index contributed by atoms with van der Waals surface area (Å²) in [6.45, 7) is 6.37. The monoisotopic (exact) mass is 410 g/mol. The molecule has 1 aromatic carbocycles. The standard InChI is InChI=1S/C23H30N4O3/c1-3-14-26(23(30)20-10-11-21(28)27(24-20)15-4-2)19-12-16-25(17-13-19)22(29)18-8-6-5-7-9-18/h5-11,19H,3-4,12-17H2,1-2H3. The Bertz CT molecular complexity index is 918. The third kappa shape index (κ3) is 4.96. The fourth-order valence-corrected chi connectivity index (χ4v) is 3.92. The molecule has 1 aliphatic heterocycles. The molecule has 0 N–H and O–H groups in total. The van der Waals surface area contributed by atoms with Gasteiger partial charge in [0.25, 0.3) is 17.4 Å². The van der Waals surface area contributed by atoms with E-state index in [1.165, 1.54) is 16.8 Å². The van der Waals surface area contributed by atoms with Crippen LogP contribution in [0.2, 0.25) is 0 Å². The molecule has 0 spiro atoms. The van der Waals surface area contributed by atoms with Gasteiger partial charge in [-0.2, -0.15) is 5.10 Å². The first-order valence-electron chi connectivity index (χ1n) is 10.8. The molecular formula is C23H30N4O3. The van der Waals surface area contributed by atoms with Crippen LogP contribution in [0.15, 0.2) is 47.3 Å². The van der Waals surface area contributed by atoms with E-state index < -0.39 is 0 Å². The van der Waals surface area contributed by atoms with Gasteiger partial charge in [0.05, 0.1) is 0 Å². The smallest absolute Gasteiger partial charge is 0.274 e. The lowest BCUT2D eigenvalue weighted by atomic mass is 10.0. The molecule has 3 rings (SSSR count). The Kier molecular flexibility index (Phi) is 7.38. The minimum Gasteiger partial charge on any atom is -0.338 e. The molecule has 30 heavy (non-hydrogen) atoms. The number of rotatable bonds is 7. The third-order valence-corrected chi connectivity index (χ3v) is 5.46. The van der Waals surface area contributed by atoms with Crippen molar-refractivity contribution >= 4 is 11.8 Å². The molecule has 1 saturated heterocycles. The summed E-state index contributed by atoms with van der Waals surface area (Å²) >= 11 is 0. The molecule has 2 amide bonds. The summed E-state index contributed by atoms with van der Waals surface area (Å²) in [5.74, 6) is -0.106. The summed E-state index contributed by atoms with van der Waals surface area (Å²) in [6, 6.07) is 12.3. The van der Waals surface area contributed by atoms with Crippen LogP contribution in [-0.2, 0) is 6.54 Å². The van der Waals surface area contributed by atoms with Crippen molar-refractivity contribution in [2.45, 2.75) is 52.1 Å². The van der Waals surface area contributed by atoms with Gasteiger partial charge in [0.15, 0.2) is 0 Å². The van der Waals surface area contributed by atoms with Crippen LogP contribution in [0, 0.1) is 0 Å². The number of amides is 2. The predicted octanol–water partition coefficient (Wildman–Crippen LogP) is 2.81. The van der Waals surface area contributed by atoms with E-state index in [4.69, 9.17) is 0 Å². The number of aryl methyl sites for hydroxylation is 1. The van der Waals surface area contributed by atoms with Crippen molar-refractivity contribution in [2.24, 2.45) is 0 Å².